The number of rotatable bonds is 7. The van der Waals surface area contributed by atoms with E-state index >= 15 is 0 Å². The number of anilines is 2. The smallest absolute Gasteiger partial charge is 0.148 e. The Hall–Kier alpha value is -2.92. The third-order valence-electron chi connectivity index (χ3n) is 6.60. The number of halogens is 2. The highest BCUT2D eigenvalue weighted by atomic mass is 19.1. The lowest BCUT2D eigenvalue weighted by Gasteiger charge is -2.32. The lowest BCUT2D eigenvalue weighted by Crippen LogP contribution is -2.43. The Bertz CT molecular complexity index is 1190. The summed E-state index contributed by atoms with van der Waals surface area (Å²) in [6.07, 6.45) is 1.59. The zero-order valence-electron chi connectivity index (χ0n) is 20.3. The number of fused-ring (bicyclic) bond motifs is 1. The van der Waals surface area contributed by atoms with E-state index in [1.165, 1.54) is 12.1 Å². The number of aliphatic hydroxyl groups is 1. The van der Waals surface area contributed by atoms with Gasteiger partial charge in [-0.2, -0.15) is 0 Å². The van der Waals surface area contributed by atoms with Crippen molar-refractivity contribution < 1.29 is 23.4 Å². The van der Waals surface area contributed by atoms with Crippen LogP contribution >= 0.6 is 0 Å². The molecule has 2 unspecified atom stereocenters. The number of hydrogen-bond donors (Lipinski definition) is 2. The molecule has 0 bridgehead atoms. The molecule has 0 aliphatic carbocycles. The van der Waals surface area contributed by atoms with E-state index in [1.807, 2.05) is 13.0 Å². The number of nitrogens with one attached hydrogen (secondary N) is 1. The zero-order valence-corrected chi connectivity index (χ0v) is 20.3. The molecule has 0 spiro atoms. The van der Waals surface area contributed by atoms with Crippen molar-refractivity contribution >= 4 is 22.5 Å². The minimum Gasteiger partial charge on any atom is -0.394 e. The predicted octanol–water partition coefficient (Wildman–Crippen LogP) is 3.11. The summed E-state index contributed by atoms with van der Waals surface area (Å²) in [7, 11) is 0. The van der Waals surface area contributed by atoms with Crippen LogP contribution in [0, 0.1) is 11.6 Å². The topological polar surface area (TPSA) is 83.0 Å². The molecule has 192 valence electrons. The van der Waals surface area contributed by atoms with Crippen LogP contribution in [0.25, 0.3) is 11.0 Å². The van der Waals surface area contributed by atoms with Gasteiger partial charge in [-0.1, -0.05) is 6.07 Å². The van der Waals surface area contributed by atoms with E-state index in [9.17, 15) is 13.9 Å². The standard InChI is InChI=1S/C26H31F2N5O3/c1-17(30-21-11-19(27)10-20(28)12-21)23-8-18(14-32-2-7-36-22(15-32)16-34)9-24-26(23)31-25(13-29-24)33-3-5-35-6-4-33/h8-13,17,22,30,34H,2-7,14-16H2,1H3. The first kappa shape index (κ1) is 24.8. The first-order chi connectivity index (χ1) is 17.5. The van der Waals surface area contributed by atoms with Crippen molar-refractivity contribution in [3.63, 3.8) is 0 Å². The van der Waals surface area contributed by atoms with Gasteiger partial charge < -0.3 is 24.8 Å². The fourth-order valence-corrected chi connectivity index (χ4v) is 4.82. The van der Waals surface area contributed by atoms with Gasteiger partial charge in [-0.15, -0.1) is 0 Å². The van der Waals surface area contributed by atoms with Crippen LogP contribution in [0.4, 0.5) is 20.3 Å². The maximum atomic E-state index is 13.8. The van der Waals surface area contributed by atoms with Gasteiger partial charge in [0, 0.05) is 50.0 Å². The molecular weight excluding hydrogens is 468 g/mol. The molecule has 10 heteroatoms. The molecule has 0 radical (unpaired) electrons. The van der Waals surface area contributed by atoms with Crippen molar-refractivity contribution in [3.8, 4) is 0 Å². The van der Waals surface area contributed by atoms with E-state index in [2.05, 4.69) is 21.2 Å². The van der Waals surface area contributed by atoms with Crippen LogP contribution in [-0.4, -0.2) is 78.7 Å². The predicted molar refractivity (Wildman–Crippen MR) is 133 cm³/mol. The molecule has 0 saturated carbocycles. The fraction of sp³-hybridized carbons (Fsp3) is 0.462. The SMILES string of the molecule is CC(Nc1cc(F)cc(F)c1)c1cc(CN2CCOC(CO)C2)cc2ncc(N3CCOCC3)nc12. The molecule has 2 aromatic carbocycles. The average molecular weight is 500 g/mol. The first-order valence-electron chi connectivity index (χ1n) is 12.3. The lowest BCUT2D eigenvalue weighted by molar-refractivity contribution is -0.0550. The summed E-state index contributed by atoms with van der Waals surface area (Å²) < 4.78 is 38.7. The minimum absolute atomic E-state index is 0.0135. The second-order valence-electron chi connectivity index (χ2n) is 9.32. The summed E-state index contributed by atoms with van der Waals surface area (Å²) in [4.78, 5) is 14.1. The van der Waals surface area contributed by atoms with E-state index < -0.39 is 11.6 Å². The molecule has 2 atom stereocenters. The normalized spacial score (nSPS) is 20.0. The number of aromatic nitrogens is 2. The van der Waals surface area contributed by atoms with Gasteiger partial charge in [-0.25, -0.2) is 13.8 Å². The van der Waals surface area contributed by atoms with Crippen LogP contribution in [0.1, 0.15) is 24.1 Å². The second-order valence-corrected chi connectivity index (χ2v) is 9.32. The Morgan fingerprint density at radius 3 is 2.61 bits per heavy atom. The molecule has 2 aliphatic heterocycles. The van der Waals surface area contributed by atoms with Crippen molar-refractivity contribution in [2.75, 3.05) is 62.8 Å². The number of ether oxygens (including phenoxy) is 2. The molecule has 2 N–H and O–H groups in total. The van der Waals surface area contributed by atoms with Crippen molar-refractivity contribution in [2.24, 2.45) is 0 Å². The first-order valence-corrected chi connectivity index (χ1v) is 12.3. The molecule has 3 heterocycles. The maximum absolute atomic E-state index is 13.8. The van der Waals surface area contributed by atoms with E-state index in [0.29, 0.717) is 38.6 Å². The van der Waals surface area contributed by atoms with Gasteiger partial charge in [0.1, 0.15) is 17.5 Å². The summed E-state index contributed by atoms with van der Waals surface area (Å²) in [6, 6.07) is 7.23. The third kappa shape index (κ3) is 5.73. The van der Waals surface area contributed by atoms with E-state index in [0.717, 1.165) is 53.7 Å². The monoisotopic (exact) mass is 499 g/mol. The van der Waals surface area contributed by atoms with Crippen molar-refractivity contribution in [1.82, 2.24) is 14.9 Å². The Kier molecular flexibility index (Phi) is 7.56. The van der Waals surface area contributed by atoms with E-state index in [-0.39, 0.29) is 18.8 Å². The summed E-state index contributed by atoms with van der Waals surface area (Å²) in [5.74, 6) is -0.491. The Labute approximate surface area is 208 Å². The number of aliphatic hydroxyl groups excluding tert-OH is 1. The van der Waals surface area contributed by atoms with Gasteiger partial charge in [-0.3, -0.25) is 9.88 Å². The van der Waals surface area contributed by atoms with Crippen LogP contribution in [0.15, 0.2) is 36.5 Å². The highest BCUT2D eigenvalue weighted by Crippen LogP contribution is 2.29. The van der Waals surface area contributed by atoms with Gasteiger partial charge in [0.2, 0.25) is 0 Å². The molecule has 36 heavy (non-hydrogen) atoms. The van der Waals surface area contributed by atoms with Crippen molar-refractivity contribution in [1.29, 1.82) is 0 Å². The summed E-state index contributed by atoms with van der Waals surface area (Å²) in [5.41, 5.74) is 3.79. The maximum Gasteiger partial charge on any atom is 0.148 e. The van der Waals surface area contributed by atoms with Gasteiger partial charge in [-0.05, 0) is 30.7 Å². The molecule has 5 rings (SSSR count). The average Bonchev–Trinajstić information content (AvgIpc) is 2.88. The molecular formula is C26H31F2N5O3. The number of morpholine rings is 2. The number of nitrogens with zero attached hydrogens (tertiary/aromatic N) is 4. The van der Waals surface area contributed by atoms with Crippen LogP contribution in [-0.2, 0) is 16.0 Å². The molecule has 2 saturated heterocycles. The summed E-state index contributed by atoms with van der Waals surface area (Å²) in [5, 5.41) is 12.7. The highest BCUT2D eigenvalue weighted by Gasteiger charge is 2.22. The number of benzene rings is 2. The van der Waals surface area contributed by atoms with Gasteiger partial charge >= 0.3 is 0 Å². The molecule has 0 amide bonds. The molecule has 3 aromatic rings. The fourth-order valence-electron chi connectivity index (χ4n) is 4.82. The van der Waals surface area contributed by atoms with E-state index in [4.69, 9.17) is 19.4 Å². The second kappa shape index (κ2) is 11.0. The summed E-state index contributed by atoms with van der Waals surface area (Å²) >= 11 is 0. The lowest BCUT2D eigenvalue weighted by atomic mass is 10.0. The number of hydrogen-bond acceptors (Lipinski definition) is 8. The third-order valence-corrected chi connectivity index (χ3v) is 6.60. The van der Waals surface area contributed by atoms with Crippen LogP contribution in [0.5, 0.6) is 0 Å². The van der Waals surface area contributed by atoms with E-state index in [1.54, 1.807) is 6.20 Å². The Morgan fingerprint density at radius 2 is 1.86 bits per heavy atom. The molecule has 2 fully saturated rings. The zero-order chi connectivity index (χ0) is 25.1. The quantitative estimate of drug-likeness (QED) is 0.513. The van der Waals surface area contributed by atoms with Crippen LogP contribution in [0.3, 0.4) is 0 Å². The van der Waals surface area contributed by atoms with Gasteiger partial charge in [0.15, 0.2) is 0 Å². The largest absolute Gasteiger partial charge is 0.394 e. The molecule has 8 nitrogen and oxygen atoms in total. The van der Waals surface area contributed by atoms with Gasteiger partial charge in [0.25, 0.3) is 0 Å². The molecule has 2 aliphatic rings. The van der Waals surface area contributed by atoms with Gasteiger partial charge in [0.05, 0.1) is 55.8 Å². The minimum atomic E-state index is -0.636. The van der Waals surface area contributed by atoms with Crippen LogP contribution in [0.2, 0.25) is 0 Å². The Balaban J connectivity index is 1.49. The van der Waals surface area contributed by atoms with Crippen LogP contribution < -0.4 is 10.2 Å². The summed E-state index contributed by atoms with van der Waals surface area (Å²) in [6.45, 7) is 7.34. The van der Waals surface area contributed by atoms with Crippen molar-refractivity contribution in [2.45, 2.75) is 25.6 Å². The molecule has 1 aromatic heterocycles. The Morgan fingerprint density at radius 1 is 1.08 bits per heavy atom. The van der Waals surface area contributed by atoms with Crippen molar-refractivity contribution in [3.05, 3.63) is 59.3 Å². The highest BCUT2D eigenvalue weighted by molar-refractivity contribution is 5.81.